The van der Waals surface area contributed by atoms with Gasteiger partial charge in [0.15, 0.2) is 0 Å². The Bertz CT molecular complexity index is 661. The van der Waals surface area contributed by atoms with E-state index in [0.717, 1.165) is 31.1 Å². The Hall–Kier alpha value is -2.40. The van der Waals surface area contributed by atoms with E-state index in [1.54, 1.807) is 6.26 Å². The first-order valence-corrected chi connectivity index (χ1v) is 6.93. The Kier molecular flexibility index (Phi) is 4.12. The van der Waals surface area contributed by atoms with Crippen LogP contribution in [0, 0.1) is 0 Å². The van der Waals surface area contributed by atoms with Crippen molar-refractivity contribution >= 4 is 0 Å². The molecule has 5 nitrogen and oxygen atoms in total. The maximum absolute atomic E-state index is 5.37. The van der Waals surface area contributed by atoms with E-state index in [4.69, 9.17) is 4.42 Å². The summed E-state index contributed by atoms with van der Waals surface area (Å²) < 4.78 is 7.31. The zero-order chi connectivity index (χ0) is 14.5. The zero-order valence-corrected chi connectivity index (χ0v) is 12.0. The highest BCUT2D eigenvalue weighted by atomic mass is 16.3. The van der Waals surface area contributed by atoms with E-state index in [0.29, 0.717) is 0 Å². The highest BCUT2D eigenvalue weighted by Crippen LogP contribution is 2.09. The summed E-state index contributed by atoms with van der Waals surface area (Å²) in [4.78, 5) is 2.18. The second-order valence-electron chi connectivity index (χ2n) is 5.12. The van der Waals surface area contributed by atoms with Crippen molar-refractivity contribution in [3.63, 3.8) is 0 Å². The Morgan fingerprint density at radius 3 is 2.71 bits per heavy atom. The van der Waals surface area contributed by atoms with E-state index in [2.05, 4.69) is 34.4 Å². The van der Waals surface area contributed by atoms with Gasteiger partial charge in [0.1, 0.15) is 5.76 Å². The van der Waals surface area contributed by atoms with Gasteiger partial charge in [-0.25, -0.2) is 4.68 Å². The number of hydrogen-bond acceptors (Lipinski definition) is 4. The summed E-state index contributed by atoms with van der Waals surface area (Å²) in [6, 6.07) is 14.2. The molecule has 1 aromatic carbocycles. The fourth-order valence-corrected chi connectivity index (χ4v) is 2.29. The topological polar surface area (TPSA) is 47.1 Å². The predicted octanol–water partition coefficient (Wildman–Crippen LogP) is 2.55. The Labute approximate surface area is 123 Å². The first-order valence-electron chi connectivity index (χ1n) is 6.93. The maximum atomic E-state index is 5.37. The summed E-state index contributed by atoms with van der Waals surface area (Å²) in [6.45, 7) is 2.29. The Morgan fingerprint density at radius 1 is 1.10 bits per heavy atom. The van der Waals surface area contributed by atoms with Crippen molar-refractivity contribution in [1.82, 2.24) is 19.9 Å². The second kappa shape index (κ2) is 6.37. The molecule has 2 heterocycles. The van der Waals surface area contributed by atoms with E-state index in [9.17, 15) is 0 Å². The highest BCUT2D eigenvalue weighted by Gasteiger charge is 2.09. The van der Waals surface area contributed by atoms with Crippen LogP contribution in [0.4, 0.5) is 0 Å². The van der Waals surface area contributed by atoms with Crippen LogP contribution in [0.25, 0.3) is 0 Å². The molecule has 2 aromatic heterocycles. The lowest BCUT2D eigenvalue weighted by Gasteiger charge is -2.15. The number of rotatable bonds is 6. The molecule has 0 unspecified atom stereocenters. The van der Waals surface area contributed by atoms with E-state index in [1.807, 2.05) is 41.2 Å². The third-order valence-corrected chi connectivity index (χ3v) is 3.31. The van der Waals surface area contributed by atoms with Gasteiger partial charge in [-0.3, -0.25) is 4.90 Å². The van der Waals surface area contributed by atoms with Crippen LogP contribution in [0.1, 0.15) is 17.0 Å². The molecule has 21 heavy (non-hydrogen) atoms. The minimum Gasteiger partial charge on any atom is -0.468 e. The monoisotopic (exact) mass is 282 g/mol. The molecule has 5 heteroatoms. The second-order valence-corrected chi connectivity index (χ2v) is 5.12. The van der Waals surface area contributed by atoms with E-state index in [1.165, 1.54) is 5.56 Å². The van der Waals surface area contributed by atoms with Gasteiger partial charge in [0.05, 0.1) is 31.2 Å². The van der Waals surface area contributed by atoms with Gasteiger partial charge in [0.25, 0.3) is 0 Å². The van der Waals surface area contributed by atoms with E-state index in [-0.39, 0.29) is 0 Å². The molecule has 108 valence electrons. The van der Waals surface area contributed by atoms with Crippen molar-refractivity contribution in [2.75, 3.05) is 7.05 Å². The van der Waals surface area contributed by atoms with E-state index < -0.39 is 0 Å². The molecule has 0 N–H and O–H groups in total. The van der Waals surface area contributed by atoms with Crippen molar-refractivity contribution in [2.45, 2.75) is 19.6 Å². The van der Waals surface area contributed by atoms with Gasteiger partial charge >= 0.3 is 0 Å². The largest absolute Gasteiger partial charge is 0.468 e. The minimum absolute atomic E-state index is 0.741. The van der Waals surface area contributed by atoms with Crippen LogP contribution >= 0.6 is 0 Å². The van der Waals surface area contributed by atoms with Gasteiger partial charge in [-0.15, -0.1) is 5.10 Å². The normalized spacial score (nSPS) is 11.1. The molecule has 0 spiro atoms. The van der Waals surface area contributed by atoms with Gasteiger partial charge in [-0.1, -0.05) is 35.5 Å². The number of nitrogens with zero attached hydrogens (tertiary/aromatic N) is 4. The lowest BCUT2D eigenvalue weighted by atomic mass is 10.2. The smallest absolute Gasteiger partial charge is 0.117 e. The average molecular weight is 282 g/mol. The van der Waals surface area contributed by atoms with Crippen molar-refractivity contribution in [3.8, 4) is 0 Å². The van der Waals surface area contributed by atoms with Gasteiger partial charge in [-0.2, -0.15) is 0 Å². The van der Waals surface area contributed by atoms with Gasteiger partial charge in [0.2, 0.25) is 0 Å². The third-order valence-electron chi connectivity index (χ3n) is 3.31. The molecular formula is C16H18N4O. The van der Waals surface area contributed by atoms with Crippen LogP contribution in [-0.2, 0) is 19.6 Å². The first kappa shape index (κ1) is 13.6. The average Bonchev–Trinajstić information content (AvgIpc) is 3.13. The molecule has 0 atom stereocenters. The number of furan rings is 1. The van der Waals surface area contributed by atoms with Crippen LogP contribution in [0.15, 0.2) is 59.3 Å². The van der Waals surface area contributed by atoms with Crippen LogP contribution in [0.2, 0.25) is 0 Å². The summed E-state index contributed by atoms with van der Waals surface area (Å²) >= 11 is 0. The highest BCUT2D eigenvalue weighted by molar-refractivity contribution is 5.15. The minimum atomic E-state index is 0.741. The summed E-state index contributed by atoms with van der Waals surface area (Å²) in [5.41, 5.74) is 2.31. The zero-order valence-electron chi connectivity index (χ0n) is 12.0. The van der Waals surface area contributed by atoms with Crippen LogP contribution in [0.3, 0.4) is 0 Å². The van der Waals surface area contributed by atoms with Crippen LogP contribution < -0.4 is 0 Å². The van der Waals surface area contributed by atoms with Gasteiger partial charge in [0, 0.05) is 6.54 Å². The summed E-state index contributed by atoms with van der Waals surface area (Å²) in [6.07, 6.45) is 3.52. The molecule has 3 aromatic rings. The van der Waals surface area contributed by atoms with Gasteiger partial charge < -0.3 is 4.42 Å². The SMILES string of the molecule is CN(Cc1ccco1)Cc1cnnn1Cc1ccccc1. The van der Waals surface area contributed by atoms with E-state index >= 15 is 0 Å². The molecule has 0 fully saturated rings. The fourth-order valence-electron chi connectivity index (χ4n) is 2.29. The molecule has 0 aliphatic carbocycles. The van der Waals surface area contributed by atoms with Crippen LogP contribution in [0.5, 0.6) is 0 Å². The maximum Gasteiger partial charge on any atom is 0.117 e. The number of benzene rings is 1. The fraction of sp³-hybridized carbons (Fsp3) is 0.250. The lowest BCUT2D eigenvalue weighted by molar-refractivity contribution is 0.279. The molecule has 0 aliphatic heterocycles. The Morgan fingerprint density at radius 2 is 1.95 bits per heavy atom. The van der Waals surface area contributed by atoms with Crippen molar-refractivity contribution in [1.29, 1.82) is 0 Å². The summed E-state index contributed by atoms with van der Waals surface area (Å²) in [5, 5.41) is 8.21. The Balaban J connectivity index is 1.65. The lowest BCUT2D eigenvalue weighted by Crippen LogP contribution is -2.19. The van der Waals surface area contributed by atoms with Gasteiger partial charge in [-0.05, 0) is 24.7 Å². The van der Waals surface area contributed by atoms with Crippen molar-refractivity contribution in [3.05, 3.63) is 71.9 Å². The first-order chi connectivity index (χ1) is 10.3. The number of aromatic nitrogens is 3. The molecule has 0 saturated heterocycles. The number of hydrogen-bond donors (Lipinski definition) is 0. The van der Waals surface area contributed by atoms with Crippen LogP contribution in [-0.4, -0.2) is 26.9 Å². The quantitative estimate of drug-likeness (QED) is 0.697. The molecule has 0 radical (unpaired) electrons. The predicted molar refractivity (Wildman–Crippen MR) is 79.4 cm³/mol. The van der Waals surface area contributed by atoms with Crippen molar-refractivity contribution in [2.24, 2.45) is 0 Å². The summed E-state index contributed by atoms with van der Waals surface area (Å²) in [7, 11) is 2.06. The molecule has 0 amide bonds. The third kappa shape index (κ3) is 3.58. The molecule has 0 bridgehead atoms. The molecule has 0 aliphatic rings. The standard InChI is InChI=1S/C16H18N4O/c1-19(13-16-8-5-9-21-16)12-15-10-17-18-20(15)11-14-6-3-2-4-7-14/h2-10H,11-13H2,1H3. The molecule has 3 rings (SSSR count). The summed E-state index contributed by atoms with van der Waals surface area (Å²) in [5.74, 6) is 0.958. The molecule has 0 saturated carbocycles. The van der Waals surface area contributed by atoms with Crippen molar-refractivity contribution < 1.29 is 4.42 Å². The molecular weight excluding hydrogens is 264 g/mol.